The molecule has 1 fully saturated rings. The first-order chi connectivity index (χ1) is 16.6. The highest BCUT2D eigenvalue weighted by Crippen LogP contribution is 2.45. The van der Waals surface area contributed by atoms with Crippen LogP contribution in [0.2, 0.25) is 0 Å². The van der Waals surface area contributed by atoms with Crippen LogP contribution >= 0.6 is 0 Å². The molecule has 35 heavy (non-hydrogen) atoms. The summed E-state index contributed by atoms with van der Waals surface area (Å²) in [7, 11) is 1.67. The van der Waals surface area contributed by atoms with Gasteiger partial charge in [-0.05, 0) is 25.0 Å². The largest absolute Gasteiger partial charge is 0.486 e. The maximum Gasteiger partial charge on any atom is 0.274 e. The monoisotopic (exact) mass is 475 g/mol. The average Bonchev–Trinajstić information content (AvgIpc) is 3.49. The number of nitrogens with one attached hydrogen (secondary N) is 2. The summed E-state index contributed by atoms with van der Waals surface area (Å²) in [5, 5.41) is 5.97. The number of H-pyrrole nitrogens is 1. The molecule has 182 valence electrons. The molecule has 2 aromatic carbocycles. The number of hydrogen-bond donors (Lipinski definition) is 2. The van der Waals surface area contributed by atoms with Crippen LogP contribution in [0.15, 0.2) is 65.5 Å². The number of aromatic nitrogens is 4. The normalized spacial score (nSPS) is 13.7. The lowest BCUT2D eigenvalue weighted by Gasteiger charge is -2.16. The highest BCUT2D eigenvalue weighted by atomic mass is 16.5. The zero-order chi connectivity index (χ0) is 23.5. The molecule has 0 aliphatic heterocycles. The molecule has 1 aliphatic carbocycles. The zero-order valence-corrected chi connectivity index (χ0v) is 18.8. The van der Waals surface area contributed by atoms with E-state index in [1.807, 2.05) is 30.3 Å². The lowest BCUT2D eigenvalue weighted by Crippen LogP contribution is -2.32. The Morgan fingerprint density at radius 1 is 1.11 bits per heavy atom. The fraction of sp³-hybridized carbons (Fsp3) is 0.308. The number of hydrogen-bond acceptors (Lipinski definition) is 6. The molecular formula is C26H29N5O4. The molecule has 2 N–H and O–H groups in total. The second-order valence-electron chi connectivity index (χ2n) is 8.56. The Morgan fingerprint density at radius 2 is 1.86 bits per heavy atom. The molecule has 0 atom stereocenters. The fourth-order valence-corrected chi connectivity index (χ4v) is 3.88. The van der Waals surface area contributed by atoms with Crippen LogP contribution in [0.3, 0.4) is 0 Å². The molecule has 2 heterocycles. The molecule has 4 aromatic rings. The number of rotatable bonds is 9. The van der Waals surface area contributed by atoms with Gasteiger partial charge >= 0.3 is 0 Å². The number of methoxy groups -OCH3 is 1. The predicted octanol–water partition coefficient (Wildman–Crippen LogP) is 3.46. The second-order valence-corrected chi connectivity index (χ2v) is 8.56. The molecule has 1 amide bonds. The third-order valence-electron chi connectivity index (χ3n) is 5.97. The molecule has 9 nitrogen and oxygen atoms in total. The molecule has 0 unspecified atom stereocenters. The van der Waals surface area contributed by atoms with Crippen LogP contribution in [0.4, 0.5) is 0 Å². The standard InChI is InChI=1S/C25H25N5O4.CH4/c1-33-16-25(11-12-25)15-26-23(32)19-9-5-6-10-20(19)34-14-18-13-21(31)30-24(27-18)28-22(29-30)17-7-3-2-4-8-17;/h2-10,13H,11-12,14-16H2,1H3,(H,26,32)(H,27,28,29);1H4. The van der Waals surface area contributed by atoms with E-state index in [-0.39, 0.29) is 36.7 Å². The van der Waals surface area contributed by atoms with Gasteiger partial charge in [0.15, 0.2) is 5.82 Å². The minimum absolute atomic E-state index is 0. The molecular weight excluding hydrogens is 446 g/mol. The van der Waals surface area contributed by atoms with Crippen LogP contribution in [0.5, 0.6) is 5.75 Å². The number of aromatic amines is 1. The van der Waals surface area contributed by atoms with Crippen molar-refractivity contribution >= 4 is 11.7 Å². The topological polar surface area (TPSA) is 111 Å². The first kappa shape index (κ1) is 24.2. The van der Waals surface area contributed by atoms with Gasteiger partial charge in [-0.3, -0.25) is 14.7 Å². The highest BCUT2D eigenvalue weighted by molar-refractivity contribution is 5.96. The quantitative estimate of drug-likeness (QED) is 0.384. The molecule has 1 saturated carbocycles. The van der Waals surface area contributed by atoms with E-state index >= 15 is 0 Å². The van der Waals surface area contributed by atoms with Crippen molar-refractivity contribution in [2.45, 2.75) is 26.9 Å². The van der Waals surface area contributed by atoms with E-state index in [2.05, 4.69) is 20.4 Å². The number of para-hydroxylation sites is 1. The van der Waals surface area contributed by atoms with Gasteiger partial charge in [-0.2, -0.15) is 9.50 Å². The lowest BCUT2D eigenvalue weighted by molar-refractivity contribution is 0.0915. The minimum Gasteiger partial charge on any atom is -0.486 e. The van der Waals surface area contributed by atoms with E-state index in [1.165, 1.54) is 10.6 Å². The molecule has 0 radical (unpaired) electrons. The Kier molecular flexibility index (Phi) is 6.97. The number of fused-ring (bicyclic) bond motifs is 1. The Morgan fingerprint density at radius 3 is 2.60 bits per heavy atom. The number of amides is 1. The second kappa shape index (κ2) is 10.1. The highest BCUT2D eigenvalue weighted by Gasteiger charge is 2.42. The van der Waals surface area contributed by atoms with Crippen molar-refractivity contribution in [2.24, 2.45) is 5.41 Å². The van der Waals surface area contributed by atoms with Crippen molar-refractivity contribution in [3.63, 3.8) is 0 Å². The van der Waals surface area contributed by atoms with Crippen molar-refractivity contribution in [3.05, 3.63) is 82.3 Å². The number of nitrogens with zero attached hydrogens (tertiary/aromatic N) is 3. The van der Waals surface area contributed by atoms with Crippen molar-refractivity contribution in [1.82, 2.24) is 24.9 Å². The molecule has 1 aliphatic rings. The molecule has 0 spiro atoms. The molecule has 5 rings (SSSR count). The molecule has 9 heteroatoms. The zero-order valence-electron chi connectivity index (χ0n) is 18.8. The number of carbonyl (C=O) groups is 1. The first-order valence-electron chi connectivity index (χ1n) is 11.1. The van der Waals surface area contributed by atoms with E-state index in [4.69, 9.17) is 9.47 Å². The first-order valence-corrected chi connectivity index (χ1v) is 11.1. The summed E-state index contributed by atoms with van der Waals surface area (Å²) in [6, 6.07) is 17.9. The van der Waals surface area contributed by atoms with Crippen LogP contribution in [-0.2, 0) is 11.3 Å². The van der Waals surface area contributed by atoms with Gasteiger partial charge in [0.05, 0.1) is 17.9 Å². The summed E-state index contributed by atoms with van der Waals surface area (Å²) in [4.78, 5) is 34.3. The maximum absolute atomic E-state index is 12.8. The summed E-state index contributed by atoms with van der Waals surface area (Å²) in [5.74, 6) is 1.02. The molecule has 2 aromatic heterocycles. The summed E-state index contributed by atoms with van der Waals surface area (Å²) in [5.41, 5.74) is 1.45. The third kappa shape index (κ3) is 5.25. The van der Waals surface area contributed by atoms with E-state index in [1.54, 1.807) is 31.4 Å². The number of benzene rings is 2. The van der Waals surface area contributed by atoms with Crippen molar-refractivity contribution in [1.29, 1.82) is 0 Å². The van der Waals surface area contributed by atoms with Gasteiger partial charge in [0.1, 0.15) is 12.4 Å². The SMILES string of the molecule is C.COCC1(CNC(=O)c2ccccc2OCc2cc(=O)n3[nH]c(-c4ccccc4)nc3n2)CC1. The van der Waals surface area contributed by atoms with E-state index in [0.717, 1.165) is 18.4 Å². The smallest absolute Gasteiger partial charge is 0.274 e. The van der Waals surface area contributed by atoms with Gasteiger partial charge in [-0.1, -0.05) is 49.9 Å². The van der Waals surface area contributed by atoms with Gasteiger partial charge < -0.3 is 14.8 Å². The third-order valence-corrected chi connectivity index (χ3v) is 5.97. The lowest BCUT2D eigenvalue weighted by atomic mass is 10.1. The van der Waals surface area contributed by atoms with Crippen LogP contribution in [0, 0.1) is 5.41 Å². The van der Waals surface area contributed by atoms with Crippen LogP contribution in [-0.4, -0.2) is 45.8 Å². The minimum atomic E-state index is -0.294. The average molecular weight is 476 g/mol. The van der Waals surface area contributed by atoms with Gasteiger partial charge in [-0.25, -0.2) is 4.98 Å². The van der Waals surface area contributed by atoms with Crippen molar-refractivity contribution in [2.75, 3.05) is 20.3 Å². The van der Waals surface area contributed by atoms with E-state index in [9.17, 15) is 9.59 Å². The fourth-order valence-electron chi connectivity index (χ4n) is 3.88. The predicted molar refractivity (Wildman–Crippen MR) is 132 cm³/mol. The van der Waals surface area contributed by atoms with Gasteiger partial charge in [0.25, 0.3) is 17.2 Å². The summed E-state index contributed by atoms with van der Waals surface area (Å²) in [6.07, 6.45) is 2.09. The summed E-state index contributed by atoms with van der Waals surface area (Å²) < 4.78 is 12.5. The Balaban J connectivity index is 0.00000289. The number of carbonyl (C=O) groups excluding carboxylic acids is 1. The van der Waals surface area contributed by atoms with E-state index < -0.39 is 0 Å². The van der Waals surface area contributed by atoms with Gasteiger partial charge in [-0.15, -0.1) is 0 Å². The van der Waals surface area contributed by atoms with Crippen LogP contribution in [0.1, 0.15) is 36.3 Å². The Bertz CT molecular complexity index is 1380. The molecule has 0 saturated heterocycles. The van der Waals surface area contributed by atoms with Gasteiger partial charge in [0, 0.05) is 30.7 Å². The summed E-state index contributed by atoms with van der Waals surface area (Å²) >= 11 is 0. The van der Waals surface area contributed by atoms with E-state index in [0.29, 0.717) is 36.0 Å². The Hall–Kier alpha value is -3.98. The summed E-state index contributed by atoms with van der Waals surface area (Å²) in [6.45, 7) is 1.22. The molecule has 0 bridgehead atoms. The van der Waals surface area contributed by atoms with Crippen LogP contribution in [0.25, 0.3) is 17.2 Å². The van der Waals surface area contributed by atoms with Crippen molar-refractivity contribution < 1.29 is 14.3 Å². The number of ether oxygens (including phenoxy) is 2. The van der Waals surface area contributed by atoms with Crippen molar-refractivity contribution in [3.8, 4) is 17.1 Å². The van der Waals surface area contributed by atoms with Crippen LogP contribution < -0.4 is 15.6 Å². The maximum atomic E-state index is 12.8. The Labute approximate surface area is 203 Å². The van der Waals surface area contributed by atoms with Gasteiger partial charge in [0.2, 0.25) is 0 Å².